The lowest BCUT2D eigenvalue weighted by Gasteiger charge is -2.13. The van der Waals surface area contributed by atoms with Crippen LogP contribution in [0.15, 0.2) is 71.6 Å². The molecule has 0 aliphatic carbocycles. The largest absolute Gasteiger partial charge is 0.324 e. The number of carbonyl (C=O) groups excluding carboxylic acids is 2. The number of carbonyl (C=O) groups is 2. The predicted octanol–water partition coefficient (Wildman–Crippen LogP) is 4.84. The number of amides is 1. The highest BCUT2D eigenvalue weighted by Crippen LogP contribution is 2.25. The number of benzene rings is 3. The van der Waals surface area contributed by atoms with E-state index in [-0.39, 0.29) is 34.9 Å². The fourth-order valence-electron chi connectivity index (χ4n) is 3.11. The summed E-state index contributed by atoms with van der Waals surface area (Å²) in [6.07, 6.45) is -0.0230. The second kappa shape index (κ2) is 9.74. The molecule has 0 bridgehead atoms. The van der Waals surface area contributed by atoms with Crippen LogP contribution in [0.25, 0.3) is 0 Å². The molecule has 3 aromatic rings. The monoisotopic (exact) mass is 454 g/mol. The Morgan fingerprint density at radius 1 is 0.875 bits per heavy atom. The number of halogens is 1. The molecule has 32 heavy (non-hydrogen) atoms. The van der Waals surface area contributed by atoms with Gasteiger partial charge in [0.05, 0.1) is 16.3 Å². The molecule has 166 valence electrons. The maximum absolute atomic E-state index is 13.1. The second-order valence-corrected chi connectivity index (χ2v) is 9.08. The van der Waals surface area contributed by atoms with Crippen LogP contribution in [0.4, 0.5) is 15.8 Å². The molecule has 0 saturated heterocycles. The Kier molecular flexibility index (Phi) is 7.05. The number of anilines is 2. The van der Waals surface area contributed by atoms with Crippen molar-refractivity contribution in [3.05, 3.63) is 89.2 Å². The first-order valence-corrected chi connectivity index (χ1v) is 11.4. The number of para-hydroxylation sites is 2. The van der Waals surface area contributed by atoms with Crippen LogP contribution in [0.1, 0.15) is 34.3 Å². The molecule has 0 fully saturated rings. The quantitative estimate of drug-likeness (QED) is 0.476. The molecule has 6 nitrogen and oxygen atoms in total. The highest BCUT2D eigenvalue weighted by Gasteiger charge is 2.17. The van der Waals surface area contributed by atoms with Crippen molar-refractivity contribution in [2.24, 2.45) is 0 Å². The molecule has 0 heterocycles. The molecule has 0 atom stereocenters. The highest BCUT2D eigenvalue weighted by molar-refractivity contribution is 7.92. The van der Waals surface area contributed by atoms with Crippen molar-refractivity contribution in [3.63, 3.8) is 0 Å². The number of hydrogen-bond donors (Lipinski definition) is 2. The summed E-state index contributed by atoms with van der Waals surface area (Å²) in [4.78, 5) is 24.8. The summed E-state index contributed by atoms with van der Waals surface area (Å²) in [5.41, 5.74) is 2.81. The highest BCUT2D eigenvalue weighted by atomic mass is 32.2. The molecule has 0 unspecified atom stereocenters. The summed E-state index contributed by atoms with van der Waals surface area (Å²) in [5, 5.41) is 2.65. The molecule has 0 saturated carbocycles. The van der Waals surface area contributed by atoms with E-state index in [9.17, 15) is 22.4 Å². The average Bonchev–Trinajstić information content (AvgIpc) is 2.75. The van der Waals surface area contributed by atoms with E-state index in [0.29, 0.717) is 5.56 Å². The number of hydrogen-bond acceptors (Lipinski definition) is 4. The standard InChI is InChI=1S/C24H23FN2O4S/c1-16-7-8-17(2)20(15-16)23(28)13-14-24(29)26-21-5-3-4-6-22(21)27-32(30,31)19-11-9-18(25)10-12-19/h3-12,15,27H,13-14H2,1-2H3,(H,26,29). The molecule has 0 spiro atoms. The van der Waals surface area contributed by atoms with Crippen LogP contribution in [0, 0.1) is 19.7 Å². The van der Waals surface area contributed by atoms with Gasteiger partial charge in [0.15, 0.2) is 5.78 Å². The fourth-order valence-corrected chi connectivity index (χ4v) is 4.19. The predicted molar refractivity (Wildman–Crippen MR) is 122 cm³/mol. The zero-order valence-electron chi connectivity index (χ0n) is 17.7. The minimum atomic E-state index is -3.98. The number of Topliss-reactive ketones (excluding diaryl/α,β-unsaturated/α-hetero) is 1. The van der Waals surface area contributed by atoms with Gasteiger partial charge in [-0.15, -0.1) is 0 Å². The Labute approximate surface area is 186 Å². The number of aryl methyl sites for hydroxylation is 2. The summed E-state index contributed by atoms with van der Waals surface area (Å²) in [5.74, 6) is -1.10. The van der Waals surface area contributed by atoms with Gasteiger partial charge in [-0.05, 0) is 61.9 Å². The Hall–Kier alpha value is -3.52. The van der Waals surface area contributed by atoms with Crippen LogP contribution in [0.5, 0.6) is 0 Å². The van der Waals surface area contributed by atoms with Gasteiger partial charge < -0.3 is 5.32 Å². The average molecular weight is 455 g/mol. The lowest BCUT2D eigenvalue weighted by molar-refractivity contribution is -0.116. The Bertz CT molecular complexity index is 1260. The van der Waals surface area contributed by atoms with E-state index in [1.54, 1.807) is 24.3 Å². The molecule has 8 heteroatoms. The lowest BCUT2D eigenvalue weighted by Crippen LogP contribution is -2.18. The van der Waals surface area contributed by atoms with Crippen molar-refractivity contribution >= 4 is 33.1 Å². The van der Waals surface area contributed by atoms with E-state index in [0.717, 1.165) is 35.4 Å². The van der Waals surface area contributed by atoms with E-state index in [1.165, 1.54) is 6.07 Å². The van der Waals surface area contributed by atoms with Gasteiger partial charge in [-0.2, -0.15) is 0 Å². The number of nitrogens with one attached hydrogen (secondary N) is 2. The van der Waals surface area contributed by atoms with E-state index in [1.807, 2.05) is 26.0 Å². The molecule has 0 aliphatic rings. The summed E-state index contributed by atoms with van der Waals surface area (Å²) in [6.45, 7) is 3.74. The van der Waals surface area contributed by atoms with Crippen LogP contribution in [0.2, 0.25) is 0 Å². The third kappa shape index (κ3) is 5.79. The normalized spacial score (nSPS) is 11.1. The topological polar surface area (TPSA) is 92.3 Å². The molecule has 0 radical (unpaired) electrons. The minimum Gasteiger partial charge on any atom is -0.324 e. The molecule has 0 aromatic heterocycles. The zero-order valence-corrected chi connectivity index (χ0v) is 18.5. The minimum absolute atomic E-state index is 0.0274. The summed E-state index contributed by atoms with van der Waals surface area (Å²) in [7, 11) is -3.98. The third-order valence-electron chi connectivity index (χ3n) is 4.84. The zero-order chi connectivity index (χ0) is 23.3. The van der Waals surface area contributed by atoms with Crippen molar-refractivity contribution in [2.45, 2.75) is 31.6 Å². The van der Waals surface area contributed by atoms with Crippen molar-refractivity contribution < 1.29 is 22.4 Å². The van der Waals surface area contributed by atoms with Crippen LogP contribution in [0.3, 0.4) is 0 Å². The van der Waals surface area contributed by atoms with Crippen molar-refractivity contribution in [1.29, 1.82) is 0 Å². The van der Waals surface area contributed by atoms with E-state index in [2.05, 4.69) is 10.0 Å². The van der Waals surface area contributed by atoms with Crippen molar-refractivity contribution in [1.82, 2.24) is 0 Å². The van der Waals surface area contributed by atoms with Gasteiger partial charge in [-0.25, -0.2) is 12.8 Å². The van der Waals surface area contributed by atoms with Crippen LogP contribution < -0.4 is 10.0 Å². The Morgan fingerprint density at radius 2 is 1.53 bits per heavy atom. The van der Waals surface area contributed by atoms with Gasteiger partial charge >= 0.3 is 0 Å². The lowest BCUT2D eigenvalue weighted by atomic mass is 9.99. The smallest absolute Gasteiger partial charge is 0.261 e. The number of sulfonamides is 1. The molecule has 3 rings (SSSR count). The van der Waals surface area contributed by atoms with Gasteiger partial charge in [0, 0.05) is 18.4 Å². The van der Waals surface area contributed by atoms with E-state index in [4.69, 9.17) is 0 Å². The maximum Gasteiger partial charge on any atom is 0.261 e. The van der Waals surface area contributed by atoms with E-state index >= 15 is 0 Å². The van der Waals surface area contributed by atoms with Crippen molar-refractivity contribution in [2.75, 3.05) is 10.0 Å². The summed E-state index contributed by atoms with van der Waals surface area (Å²) >= 11 is 0. The Balaban J connectivity index is 1.68. The molecule has 2 N–H and O–H groups in total. The summed E-state index contributed by atoms with van der Waals surface area (Å²) in [6, 6.07) is 16.3. The van der Waals surface area contributed by atoms with Gasteiger partial charge in [-0.3, -0.25) is 14.3 Å². The first kappa shape index (κ1) is 23.1. The van der Waals surface area contributed by atoms with E-state index < -0.39 is 21.7 Å². The fraction of sp³-hybridized carbons (Fsp3) is 0.167. The van der Waals surface area contributed by atoms with Crippen molar-refractivity contribution in [3.8, 4) is 0 Å². The Morgan fingerprint density at radius 3 is 2.22 bits per heavy atom. The third-order valence-corrected chi connectivity index (χ3v) is 6.22. The van der Waals surface area contributed by atoms with Crippen LogP contribution in [-0.2, 0) is 14.8 Å². The first-order chi connectivity index (χ1) is 15.2. The van der Waals surface area contributed by atoms with Crippen LogP contribution >= 0.6 is 0 Å². The van der Waals surface area contributed by atoms with Gasteiger partial charge in [0.2, 0.25) is 5.91 Å². The summed E-state index contributed by atoms with van der Waals surface area (Å²) < 4.78 is 40.7. The molecular formula is C24H23FN2O4S. The maximum atomic E-state index is 13.1. The van der Waals surface area contributed by atoms with Gasteiger partial charge in [0.1, 0.15) is 5.82 Å². The molecular weight excluding hydrogens is 431 g/mol. The molecule has 3 aromatic carbocycles. The van der Waals surface area contributed by atoms with Gasteiger partial charge in [0.25, 0.3) is 10.0 Å². The molecule has 1 amide bonds. The SMILES string of the molecule is Cc1ccc(C)c(C(=O)CCC(=O)Nc2ccccc2NS(=O)(=O)c2ccc(F)cc2)c1. The second-order valence-electron chi connectivity index (χ2n) is 7.39. The van der Waals surface area contributed by atoms with Gasteiger partial charge in [-0.1, -0.05) is 29.8 Å². The number of ketones is 1. The molecule has 0 aliphatic heterocycles. The number of rotatable bonds is 8. The van der Waals surface area contributed by atoms with Crippen LogP contribution in [-0.4, -0.2) is 20.1 Å². The first-order valence-electron chi connectivity index (χ1n) is 9.93.